The molecule has 1 atom stereocenters. The number of pyridine rings is 1. The van der Waals surface area contributed by atoms with E-state index in [0.717, 1.165) is 24.2 Å². The number of nitrogens with one attached hydrogen (secondary N) is 1. The Balaban J connectivity index is 1.29. The van der Waals surface area contributed by atoms with E-state index >= 15 is 0 Å². The summed E-state index contributed by atoms with van der Waals surface area (Å²) >= 11 is 0. The quantitative estimate of drug-likeness (QED) is 0.639. The molecule has 1 aliphatic heterocycles. The van der Waals surface area contributed by atoms with Crippen LogP contribution in [0.15, 0.2) is 48.0 Å². The van der Waals surface area contributed by atoms with Crippen molar-refractivity contribution in [1.82, 2.24) is 34.2 Å². The zero-order valence-corrected chi connectivity index (χ0v) is 16.3. The van der Waals surface area contributed by atoms with Crippen molar-refractivity contribution < 1.29 is 4.79 Å². The maximum Gasteiger partial charge on any atom is 0.346 e. The molecule has 1 unspecified atom stereocenters. The highest BCUT2D eigenvalue weighted by Crippen LogP contribution is 2.21. The van der Waals surface area contributed by atoms with E-state index in [4.69, 9.17) is 0 Å². The minimum Gasteiger partial charge on any atom is -0.354 e. The van der Waals surface area contributed by atoms with Crippen LogP contribution in [0.4, 0.5) is 0 Å². The first-order valence-corrected chi connectivity index (χ1v) is 9.97. The van der Waals surface area contributed by atoms with Gasteiger partial charge >= 0.3 is 5.69 Å². The molecular weight excluding hydrogens is 370 g/mol. The van der Waals surface area contributed by atoms with Crippen molar-refractivity contribution in [3.05, 3.63) is 65.1 Å². The van der Waals surface area contributed by atoms with E-state index in [0.29, 0.717) is 39.0 Å². The van der Waals surface area contributed by atoms with Gasteiger partial charge in [0.25, 0.3) is 0 Å². The monoisotopic (exact) mass is 395 g/mol. The summed E-state index contributed by atoms with van der Waals surface area (Å²) in [5, 5.41) is 7.50. The molecule has 0 saturated heterocycles. The lowest BCUT2D eigenvalue weighted by Crippen LogP contribution is -2.29. The molecular formula is C20H25N7O2. The summed E-state index contributed by atoms with van der Waals surface area (Å²) in [6.45, 7) is 2.33. The first-order chi connectivity index (χ1) is 14.2. The molecule has 29 heavy (non-hydrogen) atoms. The fourth-order valence-electron chi connectivity index (χ4n) is 3.73. The number of fused-ring (bicyclic) bond motifs is 1. The van der Waals surface area contributed by atoms with Crippen molar-refractivity contribution in [3.63, 3.8) is 0 Å². The molecule has 4 rings (SSSR count). The second-order valence-electron chi connectivity index (χ2n) is 7.42. The largest absolute Gasteiger partial charge is 0.354 e. The van der Waals surface area contributed by atoms with Gasteiger partial charge in [-0.1, -0.05) is 6.07 Å². The molecule has 0 aliphatic carbocycles. The molecule has 9 nitrogen and oxygen atoms in total. The van der Waals surface area contributed by atoms with Gasteiger partial charge in [-0.3, -0.25) is 14.3 Å². The summed E-state index contributed by atoms with van der Waals surface area (Å²) in [5.74, 6) is 1.13. The van der Waals surface area contributed by atoms with Crippen molar-refractivity contribution in [3.8, 4) is 0 Å². The predicted octanol–water partition coefficient (Wildman–Crippen LogP) is 0.844. The van der Waals surface area contributed by atoms with E-state index in [1.54, 1.807) is 29.5 Å². The van der Waals surface area contributed by atoms with Crippen LogP contribution in [-0.2, 0) is 30.8 Å². The molecule has 9 heteroatoms. The minimum atomic E-state index is -0.0886. The summed E-state index contributed by atoms with van der Waals surface area (Å²) in [6.07, 6.45) is 11.7. The number of carbonyl (C=O) groups excluding carboxylic acids is 1. The number of imidazole rings is 1. The van der Waals surface area contributed by atoms with Gasteiger partial charge in [-0.05, 0) is 30.4 Å². The Labute approximate surface area is 168 Å². The van der Waals surface area contributed by atoms with Crippen LogP contribution in [-0.4, -0.2) is 41.3 Å². The van der Waals surface area contributed by atoms with E-state index in [2.05, 4.69) is 20.4 Å². The molecule has 1 aliphatic rings. The van der Waals surface area contributed by atoms with E-state index in [1.165, 1.54) is 4.68 Å². The van der Waals surface area contributed by atoms with Crippen molar-refractivity contribution in [1.29, 1.82) is 0 Å². The van der Waals surface area contributed by atoms with Crippen LogP contribution in [0, 0.1) is 5.92 Å². The topological polar surface area (TPSA) is 99.6 Å². The Hall–Kier alpha value is -3.23. The Morgan fingerprint density at radius 3 is 2.97 bits per heavy atom. The Morgan fingerprint density at radius 2 is 2.17 bits per heavy atom. The fraction of sp³-hybridized carbons (Fsp3) is 0.450. The molecule has 1 N–H and O–H groups in total. The number of aromatic nitrogens is 6. The normalized spacial score (nSPS) is 16.2. The standard InChI is InChI=1S/C20H25N7O2/c28-19(23-8-11-25-10-7-22-15-25)12-16-3-4-18-24-27(20(29)26(18)9-5-16)14-17-2-1-6-21-13-17/h1-2,6-7,10,13,15-16H,3-5,8-9,11-12,14H2,(H,23,28). The summed E-state index contributed by atoms with van der Waals surface area (Å²) < 4.78 is 5.20. The zero-order chi connectivity index (χ0) is 20.1. The molecule has 0 spiro atoms. The molecule has 0 saturated carbocycles. The van der Waals surface area contributed by atoms with Crippen LogP contribution in [0.5, 0.6) is 0 Å². The first kappa shape index (κ1) is 19.1. The lowest BCUT2D eigenvalue weighted by atomic mass is 9.96. The van der Waals surface area contributed by atoms with E-state index in [1.807, 2.05) is 22.9 Å². The van der Waals surface area contributed by atoms with Gasteiger partial charge in [0, 0.05) is 57.3 Å². The van der Waals surface area contributed by atoms with Gasteiger partial charge in [0.2, 0.25) is 5.91 Å². The Kier molecular flexibility index (Phi) is 5.83. The highest BCUT2D eigenvalue weighted by Gasteiger charge is 2.22. The van der Waals surface area contributed by atoms with Gasteiger partial charge in [0.1, 0.15) is 5.82 Å². The zero-order valence-electron chi connectivity index (χ0n) is 16.3. The molecule has 0 aromatic carbocycles. The van der Waals surface area contributed by atoms with Crippen LogP contribution in [0.3, 0.4) is 0 Å². The maximum absolute atomic E-state index is 12.7. The number of amides is 1. The van der Waals surface area contributed by atoms with Crippen molar-refractivity contribution in [2.24, 2.45) is 5.92 Å². The molecule has 3 aromatic heterocycles. The Bertz CT molecular complexity index is 992. The van der Waals surface area contributed by atoms with Crippen molar-refractivity contribution >= 4 is 5.91 Å². The fourth-order valence-corrected chi connectivity index (χ4v) is 3.73. The summed E-state index contributed by atoms with van der Waals surface area (Å²) in [6, 6.07) is 3.79. The van der Waals surface area contributed by atoms with Gasteiger partial charge in [-0.2, -0.15) is 5.10 Å². The summed E-state index contributed by atoms with van der Waals surface area (Å²) in [4.78, 5) is 33.0. The second-order valence-corrected chi connectivity index (χ2v) is 7.42. The van der Waals surface area contributed by atoms with Gasteiger partial charge in [0.05, 0.1) is 12.9 Å². The van der Waals surface area contributed by atoms with E-state index < -0.39 is 0 Å². The average molecular weight is 395 g/mol. The Morgan fingerprint density at radius 1 is 1.24 bits per heavy atom. The first-order valence-electron chi connectivity index (χ1n) is 9.97. The smallest absolute Gasteiger partial charge is 0.346 e. The van der Waals surface area contributed by atoms with Gasteiger partial charge < -0.3 is 9.88 Å². The molecule has 1 amide bonds. The SMILES string of the molecule is O=C(CC1CCc2nn(Cc3cccnc3)c(=O)n2CC1)NCCn1ccnc1. The number of nitrogens with zero attached hydrogens (tertiary/aromatic N) is 6. The molecule has 0 bridgehead atoms. The van der Waals surface area contributed by atoms with Crippen molar-refractivity contribution in [2.75, 3.05) is 6.54 Å². The molecule has 4 heterocycles. The maximum atomic E-state index is 12.7. The number of carbonyl (C=O) groups is 1. The molecule has 0 fully saturated rings. The molecule has 3 aromatic rings. The van der Waals surface area contributed by atoms with Crippen LogP contribution >= 0.6 is 0 Å². The summed E-state index contributed by atoms with van der Waals surface area (Å²) in [5.41, 5.74) is 0.863. The highest BCUT2D eigenvalue weighted by molar-refractivity contribution is 5.76. The third-order valence-corrected chi connectivity index (χ3v) is 5.32. The predicted molar refractivity (Wildman–Crippen MR) is 106 cm³/mol. The second kappa shape index (κ2) is 8.85. The van der Waals surface area contributed by atoms with Gasteiger partial charge in [0.15, 0.2) is 0 Å². The third kappa shape index (κ3) is 4.79. The van der Waals surface area contributed by atoms with Crippen LogP contribution in [0.25, 0.3) is 0 Å². The number of rotatable bonds is 7. The number of aryl methyl sites for hydroxylation is 1. The van der Waals surface area contributed by atoms with Gasteiger partial charge in [-0.25, -0.2) is 14.5 Å². The number of hydrogen-bond donors (Lipinski definition) is 1. The minimum absolute atomic E-state index is 0.0589. The molecule has 0 radical (unpaired) electrons. The molecule has 152 valence electrons. The highest BCUT2D eigenvalue weighted by atomic mass is 16.2. The van der Waals surface area contributed by atoms with E-state index in [9.17, 15) is 9.59 Å². The lowest BCUT2D eigenvalue weighted by molar-refractivity contribution is -0.122. The van der Waals surface area contributed by atoms with Gasteiger partial charge in [-0.15, -0.1) is 0 Å². The average Bonchev–Trinajstić information content (AvgIpc) is 3.28. The van der Waals surface area contributed by atoms with E-state index in [-0.39, 0.29) is 17.5 Å². The van der Waals surface area contributed by atoms with Crippen LogP contribution in [0.2, 0.25) is 0 Å². The number of hydrogen-bond acceptors (Lipinski definition) is 5. The lowest BCUT2D eigenvalue weighted by Gasteiger charge is -2.13. The van der Waals surface area contributed by atoms with Crippen LogP contribution in [0.1, 0.15) is 30.7 Å². The van der Waals surface area contributed by atoms with Crippen LogP contribution < -0.4 is 11.0 Å². The summed E-state index contributed by atoms with van der Waals surface area (Å²) in [7, 11) is 0. The van der Waals surface area contributed by atoms with Crippen molar-refractivity contribution in [2.45, 2.75) is 45.3 Å². The third-order valence-electron chi connectivity index (χ3n) is 5.32.